The van der Waals surface area contributed by atoms with Gasteiger partial charge in [-0.3, -0.25) is 9.78 Å². The second kappa shape index (κ2) is 8.43. The SMILES string of the molecule is COc1ccc(C2=NN(C(=O)CC3C=CC(C)=CC3)C(c3cccnc3)C2)cc1. The minimum Gasteiger partial charge on any atom is -0.497 e. The lowest BCUT2D eigenvalue weighted by Crippen LogP contribution is -2.28. The molecule has 0 N–H and O–H groups in total. The first-order chi connectivity index (χ1) is 14.1. The quantitative estimate of drug-likeness (QED) is 0.748. The lowest BCUT2D eigenvalue weighted by atomic mass is 9.93. The van der Waals surface area contributed by atoms with Crippen LogP contribution in [0.3, 0.4) is 0 Å². The van der Waals surface area contributed by atoms with Gasteiger partial charge in [-0.05, 0) is 60.7 Å². The average molecular weight is 387 g/mol. The largest absolute Gasteiger partial charge is 0.497 e. The van der Waals surface area contributed by atoms with Gasteiger partial charge in [-0.1, -0.05) is 29.9 Å². The number of hydrazone groups is 1. The van der Waals surface area contributed by atoms with Crippen molar-refractivity contribution in [1.82, 2.24) is 9.99 Å². The molecule has 148 valence electrons. The summed E-state index contributed by atoms with van der Waals surface area (Å²) in [6, 6.07) is 11.6. The highest BCUT2D eigenvalue weighted by atomic mass is 16.5. The van der Waals surface area contributed by atoms with E-state index in [0.29, 0.717) is 12.8 Å². The molecule has 0 spiro atoms. The Kier molecular flexibility index (Phi) is 5.56. The molecule has 1 aliphatic heterocycles. The van der Waals surface area contributed by atoms with Crippen LogP contribution < -0.4 is 4.74 Å². The maximum Gasteiger partial charge on any atom is 0.243 e. The van der Waals surface area contributed by atoms with Crippen LogP contribution >= 0.6 is 0 Å². The van der Waals surface area contributed by atoms with Gasteiger partial charge in [0.25, 0.3) is 0 Å². The van der Waals surface area contributed by atoms with E-state index in [0.717, 1.165) is 29.0 Å². The van der Waals surface area contributed by atoms with Crippen LogP contribution in [0.25, 0.3) is 0 Å². The Labute approximate surface area is 171 Å². The Morgan fingerprint density at radius 2 is 2.07 bits per heavy atom. The number of hydrogen-bond donors (Lipinski definition) is 0. The van der Waals surface area contributed by atoms with Gasteiger partial charge in [0.1, 0.15) is 5.75 Å². The van der Waals surface area contributed by atoms with Crippen LogP contribution in [-0.4, -0.2) is 28.7 Å². The van der Waals surface area contributed by atoms with E-state index in [9.17, 15) is 4.79 Å². The minimum absolute atomic E-state index is 0.0463. The summed E-state index contributed by atoms with van der Waals surface area (Å²) in [7, 11) is 1.65. The van der Waals surface area contributed by atoms with Gasteiger partial charge in [0, 0.05) is 25.2 Å². The number of nitrogens with zero attached hydrogens (tertiary/aromatic N) is 3. The van der Waals surface area contributed by atoms with E-state index in [1.165, 1.54) is 5.57 Å². The number of rotatable bonds is 5. The summed E-state index contributed by atoms with van der Waals surface area (Å²) in [5, 5.41) is 6.41. The third-order valence-electron chi connectivity index (χ3n) is 5.47. The predicted molar refractivity (Wildman–Crippen MR) is 114 cm³/mol. The van der Waals surface area contributed by atoms with Crippen molar-refractivity contribution >= 4 is 11.6 Å². The summed E-state index contributed by atoms with van der Waals surface area (Å²) >= 11 is 0. The number of carbonyl (C=O) groups is 1. The first kappa shape index (κ1) is 19.1. The number of pyridine rings is 1. The molecule has 2 heterocycles. The fraction of sp³-hybridized carbons (Fsp3) is 0.292. The standard InChI is InChI=1S/C24H25N3O2/c1-17-5-7-18(8-6-17)14-24(28)27-23(20-4-3-13-25-16-20)15-22(26-27)19-9-11-21(29-2)12-10-19/h3-7,9-13,16,18,23H,8,14-15H2,1-2H3. The van der Waals surface area contributed by atoms with E-state index in [1.54, 1.807) is 18.3 Å². The van der Waals surface area contributed by atoms with E-state index in [4.69, 9.17) is 9.84 Å². The highest BCUT2D eigenvalue weighted by Gasteiger charge is 2.33. The second-order valence-electron chi connectivity index (χ2n) is 7.53. The molecule has 5 heteroatoms. The molecule has 1 aliphatic carbocycles. The second-order valence-corrected chi connectivity index (χ2v) is 7.53. The number of carbonyl (C=O) groups excluding carboxylic acids is 1. The van der Waals surface area contributed by atoms with E-state index in [1.807, 2.05) is 42.6 Å². The zero-order valence-electron chi connectivity index (χ0n) is 16.8. The zero-order valence-corrected chi connectivity index (χ0v) is 16.8. The van der Waals surface area contributed by atoms with Crippen LogP contribution in [0.5, 0.6) is 5.75 Å². The van der Waals surface area contributed by atoms with Gasteiger partial charge in [0.05, 0.1) is 18.9 Å². The topological polar surface area (TPSA) is 54.8 Å². The van der Waals surface area contributed by atoms with E-state index in [2.05, 4.69) is 30.1 Å². The Morgan fingerprint density at radius 3 is 2.72 bits per heavy atom. The van der Waals surface area contributed by atoms with Crippen molar-refractivity contribution in [3.05, 3.63) is 83.7 Å². The van der Waals surface area contributed by atoms with Gasteiger partial charge in [-0.25, -0.2) is 5.01 Å². The molecule has 1 aromatic heterocycles. The van der Waals surface area contributed by atoms with Crippen LogP contribution in [0.1, 0.15) is 43.4 Å². The third kappa shape index (κ3) is 4.29. The molecule has 0 fully saturated rings. The van der Waals surface area contributed by atoms with Crippen molar-refractivity contribution < 1.29 is 9.53 Å². The lowest BCUT2D eigenvalue weighted by molar-refractivity contribution is -0.133. The molecule has 2 atom stereocenters. The van der Waals surface area contributed by atoms with Crippen LogP contribution in [0.4, 0.5) is 0 Å². The molecule has 2 unspecified atom stereocenters. The lowest BCUT2D eigenvalue weighted by Gasteiger charge is -2.24. The van der Waals surface area contributed by atoms with Gasteiger partial charge in [0.2, 0.25) is 5.91 Å². The van der Waals surface area contributed by atoms with Crippen LogP contribution in [0, 0.1) is 5.92 Å². The smallest absolute Gasteiger partial charge is 0.243 e. The molecule has 1 aromatic carbocycles. The summed E-state index contributed by atoms with van der Waals surface area (Å²) in [5.74, 6) is 1.07. The van der Waals surface area contributed by atoms with Crippen LogP contribution in [-0.2, 0) is 4.79 Å². The van der Waals surface area contributed by atoms with Crippen molar-refractivity contribution in [2.45, 2.75) is 32.2 Å². The number of amides is 1. The van der Waals surface area contributed by atoms with Gasteiger partial charge in [-0.2, -0.15) is 5.10 Å². The Morgan fingerprint density at radius 1 is 1.24 bits per heavy atom. The van der Waals surface area contributed by atoms with Crippen LogP contribution in [0.2, 0.25) is 0 Å². The molecule has 0 radical (unpaired) electrons. The molecule has 4 rings (SSSR count). The van der Waals surface area contributed by atoms with Crippen molar-refractivity contribution in [2.24, 2.45) is 11.0 Å². The van der Waals surface area contributed by atoms with Crippen molar-refractivity contribution in [3.63, 3.8) is 0 Å². The van der Waals surface area contributed by atoms with Crippen molar-refractivity contribution in [2.75, 3.05) is 7.11 Å². The van der Waals surface area contributed by atoms with Crippen molar-refractivity contribution in [1.29, 1.82) is 0 Å². The Hall–Kier alpha value is -3.21. The number of aromatic nitrogens is 1. The fourth-order valence-corrected chi connectivity index (χ4v) is 3.77. The third-order valence-corrected chi connectivity index (χ3v) is 5.47. The summed E-state index contributed by atoms with van der Waals surface area (Å²) < 4.78 is 5.25. The fourth-order valence-electron chi connectivity index (χ4n) is 3.77. The monoisotopic (exact) mass is 387 g/mol. The molecule has 0 saturated heterocycles. The number of allylic oxidation sites excluding steroid dienone is 4. The van der Waals surface area contributed by atoms with Gasteiger partial charge >= 0.3 is 0 Å². The Bertz CT molecular complexity index is 961. The highest BCUT2D eigenvalue weighted by Crippen LogP contribution is 2.34. The first-order valence-electron chi connectivity index (χ1n) is 9.93. The molecule has 2 aliphatic rings. The maximum absolute atomic E-state index is 13.2. The number of ether oxygens (including phenoxy) is 1. The normalized spacial score (nSPS) is 21.0. The number of hydrogen-bond acceptors (Lipinski definition) is 4. The van der Waals surface area contributed by atoms with E-state index < -0.39 is 0 Å². The summed E-state index contributed by atoms with van der Waals surface area (Å²) in [4.78, 5) is 17.4. The molecule has 0 bridgehead atoms. The molecule has 5 nitrogen and oxygen atoms in total. The molecule has 0 saturated carbocycles. The Balaban J connectivity index is 1.58. The highest BCUT2D eigenvalue weighted by molar-refractivity contribution is 6.03. The molecule has 1 amide bonds. The summed E-state index contributed by atoms with van der Waals surface area (Å²) in [5.41, 5.74) is 4.17. The van der Waals surface area contributed by atoms with E-state index in [-0.39, 0.29) is 17.9 Å². The zero-order chi connectivity index (χ0) is 20.2. The molecule has 2 aromatic rings. The van der Waals surface area contributed by atoms with Gasteiger partial charge < -0.3 is 4.74 Å². The minimum atomic E-state index is -0.127. The molecular weight excluding hydrogens is 362 g/mol. The van der Waals surface area contributed by atoms with E-state index >= 15 is 0 Å². The number of methoxy groups -OCH3 is 1. The van der Waals surface area contributed by atoms with Crippen LogP contribution in [0.15, 0.2) is 77.7 Å². The first-order valence-corrected chi connectivity index (χ1v) is 9.93. The maximum atomic E-state index is 13.2. The molecule has 29 heavy (non-hydrogen) atoms. The molecular formula is C24H25N3O2. The van der Waals surface area contributed by atoms with Gasteiger partial charge in [0.15, 0.2) is 0 Å². The number of benzene rings is 1. The predicted octanol–water partition coefficient (Wildman–Crippen LogP) is 4.68. The average Bonchev–Trinajstić information content (AvgIpc) is 3.22. The van der Waals surface area contributed by atoms with Crippen molar-refractivity contribution in [3.8, 4) is 5.75 Å². The summed E-state index contributed by atoms with van der Waals surface area (Å²) in [6.07, 6.45) is 12.0. The summed E-state index contributed by atoms with van der Waals surface area (Å²) in [6.45, 7) is 2.08. The van der Waals surface area contributed by atoms with Gasteiger partial charge in [-0.15, -0.1) is 0 Å².